The van der Waals surface area contributed by atoms with Gasteiger partial charge >= 0.3 is 6.18 Å². The quantitative estimate of drug-likeness (QED) is 0.581. The van der Waals surface area contributed by atoms with Gasteiger partial charge in [0.05, 0.1) is 4.92 Å². The number of anilines is 3. The minimum atomic E-state index is -4.79. The molecule has 0 N–H and O–H groups in total. The summed E-state index contributed by atoms with van der Waals surface area (Å²) in [6.45, 7) is 2.05. The summed E-state index contributed by atoms with van der Waals surface area (Å²) in [5, 5.41) is 10.9. The third kappa shape index (κ3) is 4.07. The van der Waals surface area contributed by atoms with Crippen LogP contribution >= 0.6 is 0 Å². The molecule has 28 heavy (non-hydrogen) atoms. The summed E-state index contributed by atoms with van der Waals surface area (Å²) < 4.78 is 39.6. The first-order chi connectivity index (χ1) is 13.2. The Bertz CT molecular complexity index is 866. The van der Waals surface area contributed by atoms with Gasteiger partial charge in [-0.2, -0.15) is 18.2 Å². The number of nitro groups is 1. The van der Waals surface area contributed by atoms with Crippen LogP contribution in [-0.2, 0) is 6.18 Å². The number of aromatic nitrogens is 2. The number of nitro benzene ring substituents is 1. The molecule has 0 amide bonds. The summed E-state index contributed by atoms with van der Waals surface area (Å²) >= 11 is 0. The number of rotatable bonds is 4. The van der Waals surface area contributed by atoms with Gasteiger partial charge in [0.15, 0.2) is 0 Å². The van der Waals surface area contributed by atoms with Crippen molar-refractivity contribution in [1.29, 1.82) is 0 Å². The molecule has 1 aliphatic rings. The monoisotopic (exact) mass is 396 g/mol. The Morgan fingerprint density at radius 3 is 2.32 bits per heavy atom. The molecule has 0 aliphatic carbocycles. The molecule has 1 aliphatic heterocycles. The third-order valence-corrected chi connectivity index (χ3v) is 4.48. The van der Waals surface area contributed by atoms with Crippen LogP contribution in [0.3, 0.4) is 0 Å². The van der Waals surface area contributed by atoms with Crippen LogP contribution < -0.4 is 14.7 Å². The second-order valence-electron chi connectivity index (χ2n) is 6.54. The standard InChI is InChI=1S/C17H19F3N6O2/c1-23(2)16-21-6-5-15(22-16)25-9-7-24(8-10-25)12-3-4-14(26(27)28)13(11-12)17(18,19)20/h3-6,11H,7-10H2,1-2H3. The average molecular weight is 396 g/mol. The molecule has 0 bridgehead atoms. The fraction of sp³-hybridized carbons (Fsp3) is 0.412. The van der Waals surface area contributed by atoms with Gasteiger partial charge in [-0.25, -0.2) is 4.98 Å². The van der Waals surface area contributed by atoms with Crippen LogP contribution in [0.15, 0.2) is 30.5 Å². The highest BCUT2D eigenvalue weighted by atomic mass is 19.4. The zero-order chi connectivity index (χ0) is 20.5. The molecule has 1 aromatic carbocycles. The van der Waals surface area contributed by atoms with Gasteiger partial charge < -0.3 is 14.7 Å². The molecule has 1 fully saturated rings. The van der Waals surface area contributed by atoms with Gasteiger partial charge in [0.1, 0.15) is 11.4 Å². The van der Waals surface area contributed by atoms with Gasteiger partial charge in [0, 0.05) is 58.2 Å². The molecular formula is C17H19F3N6O2. The highest BCUT2D eigenvalue weighted by Crippen LogP contribution is 2.38. The molecule has 0 atom stereocenters. The Morgan fingerprint density at radius 2 is 1.75 bits per heavy atom. The van der Waals surface area contributed by atoms with E-state index in [1.165, 1.54) is 6.07 Å². The Kier molecular flexibility index (Phi) is 5.25. The van der Waals surface area contributed by atoms with E-state index in [9.17, 15) is 23.3 Å². The summed E-state index contributed by atoms with van der Waals surface area (Å²) in [5.74, 6) is 1.32. The maximum Gasteiger partial charge on any atom is 0.423 e. The van der Waals surface area contributed by atoms with Crippen molar-refractivity contribution in [2.45, 2.75) is 6.18 Å². The van der Waals surface area contributed by atoms with Crippen LogP contribution in [-0.4, -0.2) is 55.2 Å². The lowest BCUT2D eigenvalue weighted by atomic mass is 10.1. The van der Waals surface area contributed by atoms with Gasteiger partial charge in [-0.1, -0.05) is 0 Å². The summed E-state index contributed by atoms with van der Waals surface area (Å²) in [6.07, 6.45) is -3.13. The number of hydrogen-bond acceptors (Lipinski definition) is 7. The molecule has 2 heterocycles. The van der Waals surface area contributed by atoms with Crippen molar-refractivity contribution >= 4 is 23.1 Å². The van der Waals surface area contributed by atoms with Crippen LogP contribution in [0.1, 0.15) is 5.56 Å². The van der Waals surface area contributed by atoms with Crippen molar-refractivity contribution < 1.29 is 18.1 Å². The molecule has 0 saturated carbocycles. The lowest BCUT2D eigenvalue weighted by Gasteiger charge is -2.37. The molecule has 0 unspecified atom stereocenters. The molecule has 150 valence electrons. The summed E-state index contributed by atoms with van der Waals surface area (Å²) in [5.41, 5.74) is -1.86. The number of alkyl halides is 3. The minimum absolute atomic E-state index is 0.314. The van der Waals surface area contributed by atoms with Crippen molar-refractivity contribution in [2.24, 2.45) is 0 Å². The Labute approximate surface area is 159 Å². The zero-order valence-corrected chi connectivity index (χ0v) is 15.3. The first kappa shape index (κ1) is 19.6. The van der Waals surface area contributed by atoms with E-state index < -0.39 is 22.4 Å². The molecular weight excluding hydrogens is 377 g/mol. The SMILES string of the molecule is CN(C)c1nccc(N2CCN(c3ccc([N+](=O)[O-])c(C(F)(F)F)c3)CC2)n1. The fourth-order valence-corrected chi connectivity index (χ4v) is 3.03. The second kappa shape index (κ2) is 7.49. The van der Waals surface area contributed by atoms with Crippen molar-refractivity contribution in [2.75, 3.05) is 55.0 Å². The predicted octanol–water partition coefficient (Wildman–Crippen LogP) is 2.80. The molecule has 2 aromatic rings. The Morgan fingerprint density at radius 1 is 1.11 bits per heavy atom. The van der Waals surface area contributed by atoms with E-state index in [0.717, 1.165) is 18.0 Å². The molecule has 1 saturated heterocycles. The Hall–Kier alpha value is -3.11. The van der Waals surface area contributed by atoms with Crippen LogP contribution in [0.2, 0.25) is 0 Å². The third-order valence-electron chi connectivity index (χ3n) is 4.48. The average Bonchev–Trinajstić information content (AvgIpc) is 2.67. The highest BCUT2D eigenvalue weighted by Gasteiger charge is 2.39. The number of hydrogen-bond donors (Lipinski definition) is 0. The topological polar surface area (TPSA) is 78.6 Å². The zero-order valence-electron chi connectivity index (χ0n) is 15.3. The van der Waals surface area contributed by atoms with Crippen molar-refractivity contribution in [3.05, 3.63) is 46.1 Å². The van der Waals surface area contributed by atoms with Crippen molar-refractivity contribution in [1.82, 2.24) is 9.97 Å². The number of benzene rings is 1. The van der Waals surface area contributed by atoms with Crippen molar-refractivity contribution in [3.63, 3.8) is 0 Å². The van der Waals surface area contributed by atoms with Crippen LogP contribution in [0.25, 0.3) is 0 Å². The van der Waals surface area contributed by atoms with E-state index >= 15 is 0 Å². The lowest BCUT2D eigenvalue weighted by Crippen LogP contribution is -2.47. The highest BCUT2D eigenvalue weighted by molar-refractivity contribution is 5.58. The van der Waals surface area contributed by atoms with Crippen LogP contribution in [0.4, 0.5) is 36.3 Å². The van der Waals surface area contributed by atoms with Crippen LogP contribution in [0, 0.1) is 10.1 Å². The van der Waals surface area contributed by atoms with E-state index in [4.69, 9.17) is 0 Å². The molecule has 1 aromatic heterocycles. The van der Waals surface area contributed by atoms with Gasteiger partial charge in [-0.15, -0.1) is 0 Å². The fourth-order valence-electron chi connectivity index (χ4n) is 3.03. The predicted molar refractivity (Wildman–Crippen MR) is 98.9 cm³/mol. The smallest absolute Gasteiger partial charge is 0.368 e. The van der Waals surface area contributed by atoms with E-state index in [2.05, 4.69) is 9.97 Å². The lowest BCUT2D eigenvalue weighted by molar-refractivity contribution is -0.388. The van der Waals surface area contributed by atoms with E-state index in [1.807, 2.05) is 19.0 Å². The minimum Gasteiger partial charge on any atom is -0.368 e. The molecule has 11 heteroatoms. The maximum absolute atomic E-state index is 13.2. The van der Waals surface area contributed by atoms with Crippen LogP contribution in [0.5, 0.6) is 0 Å². The Balaban J connectivity index is 1.76. The van der Waals surface area contributed by atoms with E-state index in [1.54, 1.807) is 22.1 Å². The maximum atomic E-state index is 13.2. The van der Waals surface area contributed by atoms with Gasteiger partial charge in [0.2, 0.25) is 5.95 Å². The number of nitrogens with zero attached hydrogens (tertiary/aromatic N) is 6. The normalized spacial score (nSPS) is 14.9. The van der Waals surface area contributed by atoms with E-state index in [0.29, 0.717) is 37.8 Å². The summed E-state index contributed by atoms with van der Waals surface area (Å²) in [7, 11) is 3.67. The van der Waals surface area contributed by atoms with Gasteiger partial charge in [-0.05, 0) is 18.2 Å². The molecule has 0 radical (unpaired) electrons. The summed E-state index contributed by atoms with van der Waals surface area (Å²) in [6, 6.07) is 4.91. The van der Waals surface area contributed by atoms with Gasteiger partial charge in [0.25, 0.3) is 5.69 Å². The molecule has 3 rings (SSSR count). The summed E-state index contributed by atoms with van der Waals surface area (Å²) in [4.78, 5) is 24.1. The van der Waals surface area contributed by atoms with Gasteiger partial charge in [-0.3, -0.25) is 10.1 Å². The van der Waals surface area contributed by atoms with E-state index in [-0.39, 0.29) is 0 Å². The molecule has 0 spiro atoms. The number of halogens is 3. The molecule has 8 nitrogen and oxygen atoms in total. The second-order valence-corrected chi connectivity index (χ2v) is 6.54. The largest absolute Gasteiger partial charge is 0.423 e. The first-order valence-electron chi connectivity index (χ1n) is 8.52. The van der Waals surface area contributed by atoms with Crippen molar-refractivity contribution in [3.8, 4) is 0 Å². The first-order valence-corrected chi connectivity index (χ1v) is 8.52. The number of piperazine rings is 1.